The molecule has 0 bridgehead atoms. The van der Waals surface area contributed by atoms with Crippen molar-refractivity contribution in [2.24, 2.45) is 4.99 Å². The molecule has 0 saturated carbocycles. The third-order valence-corrected chi connectivity index (χ3v) is 4.51. The first kappa shape index (κ1) is 21.5. The van der Waals surface area contributed by atoms with Gasteiger partial charge in [0.25, 0.3) is 0 Å². The van der Waals surface area contributed by atoms with Crippen LogP contribution in [0.15, 0.2) is 29.3 Å². The van der Waals surface area contributed by atoms with Crippen LogP contribution in [0.4, 0.5) is 4.39 Å². The largest absolute Gasteiger partial charge is 0.375 e. The molecule has 2 N–H and O–H groups in total. The van der Waals surface area contributed by atoms with Crippen LogP contribution < -0.4 is 10.6 Å². The molecule has 1 aliphatic rings. The van der Waals surface area contributed by atoms with Crippen LogP contribution >= 0.6 is 24.0 Å². The Balaban J connectivity index is 0.00000261. The molecule has 3 rings (SSSR count). The highest BCUT2D eigenvalue weighted by molar-refractivity contribution is 14.0. The number of rotatable bonds is 5. The van der Waals surface area contributed by atoms with Crippen molar-refractivity contribution in [1.82, 2.24) is 25.4 Å². The molecule has 0 radical (unpaired) electrons. The zero-order valence-electron chi connectivity index (χ0n) is 15.8. The van der Waals surface area contributed by atoms with Gasteiger partial charge in [-0.05, 0) is 31.0 Å². The maximum Gasteiger partial charge on any atom is 0.191 e. The summed E-state index contributed by atoms with van der Waals surface area (Å²) in [6.07, 6.45) is 1.68. The van der Waals surface area contributed by atoms with E-state index >= 15 is 0 Å². The van der Waals surface area contributed by atoms with Crippen molar-refractivity contribution in [3.8, 4) is 0 Å². The third-order valence-electron chi connectivity index (χ3n) is 4.51. The predicted octanol–water partition coefficient (Wildman–Crippen LogP) is 2.21. The Bertz CT molecular complexity index is 764. The number of halogens is 2. The minimum absolute atomic E-state index is 0. The summed E-state index contributed by atoms with van der Waals surface area (Å²) in [4.78, 5) is 8.72. The first-order valence-electron chi connectivity index (χ1n) is 8.74. The van der Waals surface area contributed by atoms with Crippen LogP contribution in [0.5, 0.6) is 0 Å². The number of guanidine groups is 1. The van der Waals surface area contributed by atoms with E-state index in [0.717, 1.165) is 36.6 Å². The van der Waals surface area contributed by atoms with Crippen LogP contribution in [0.25, 0.3) is 0 Å². The molecular weight excluding hydrogens is 462 g/mol. The van der Waals surface area contributed by atoms with Gasteiger partial charge in [0, 0.05) is 33.2 Å². The Labute approximate surface area is 175 Å². The molecule has 2 unspecified atom stereocenters. The SMILES string of the molecule is CN=C(NCC(OC)c1ccc(F)cc1)NC1CCc2nc(C)nn2C1.I. The Hall–Kier alpha value is -1.75. The summed E-state index contributed by atoms with van der Waals surface area (Å²) < 4.78 is 20.6. The highest BCUT2D eigenvalue weighted by Crippen LogP contribution is 2.16. The van der Waals surface area contributed by atoms with E-state index in [0.29, 0.717) is 12.5 Å². The van der Waals surface area contributed by atoms with Crippen LogP contribution in [0.2, 0.25) is 0 Å². The number of aromatic nitrogens is 3. The minimum atomic E-state index is -0.256. The van der Waals surface area contributed by atoms with E-state index in [1.54, 1.807) is 26.3 Å². The second-order valence-electron chi connectivity index (χ2n) is 6.37. The van der Waals surface area contributed by atoms with E-state index < -0.39 is 0 Å². The molecule has 1 aliphatic heterocycles. The molecule has 1 aromatic carbocycles. The second-order valence-corrected chi connectivity index (χ2v) is 6.37. The van der Waals surface area contributed by atoms with E-state index in [1.807, 2.05) is 11.6 Å². The fourth-order valence-corrected chi connectivity index (χ4v) is 3.14. The van der Waals surface area contributed by atoms with Crippen LogP contribution in [-0.2, 0) is 17.7 Å². The number of fused-ring (bicyclic) bond motifs is 1. The average molecular weight is 488 g/mol. The van der Waals surface area contributed by atoms with Gasteiger partial charge in [-0.25, -0.2) is 14.1 Å². The van der Waals surface area contributed by atoms with Crippen LogP contribution in [0.3, 0.4) is 0 Å². The van der Waals surface area contributed by atoms with E-state index in [1.165, 1.54) is 12.1 Å². The normalized spacial score (nSPS) is 17.6. The van der Waals surface area contributed by atoms with Crippen LogP contribution in [0, 0.1) is 12.7 Å². The number of aryl methyl sites for hydroxylation is 2. The van der Waals surface area contributed by atoms with E-state index in [-0.39, 0.29) is 41.9 Å². The van der Waals surface area contributed by atoms with Gasteiger partial charge in [-0.1, -0.05) is 12.1 Å². The number of nitrogens with zero attached hydrogens (tertiary/aromatic N) is 4. The fourth-order valence-electron chi connectivity index (χ4n) is 3.14. The Kier molecular flexibility index (Phi) is 7.96. The maximum absolute atomic E-state index is 13.1. The molecule has 0 aliphatic carbocycles. The van der Waals surface area contributed by atoms with Crippen molar-refractivity contribution in [1.29, 1.82) is 0 Å². The zero-order valence-corrected chi connectivity index (χ0v) is 18.1. The first-order valence-corrected chi connectivity index (χ1v) is 8.74. The van der Waals surface area contributed by atoms with Crippen molar-refractivity contribution in [2.45, 2.75) is 38.5 Å². The third kappa shape index (κ3) is 5.61. The van der Waals surface area contributed by atoms with Gasteiger partial charge in [-0.3, -0.25) is 4.99 Å². The fraction of sp³-hybridized carbons (Fsp3) is 0.500. The van der Waals surface area contributed by atoms with Crippen molar-refractivity contribution in [3.05, 3.63) is 47.3 Å². The van der Waals surface area contributed by atoms with Crippen molar-refractivity contribution >= 4 is 29.9 Å². The standard InChI is InChI=1S/C18H25FN6O.HI/c1-12-22-17-9-8-15(11-25(17)24-12)23-18(20-2)21-10-16(26-3)13-4-6-14(19)7-5-13;/h4-7,15-16H,8-11H2,1-3H3,(H2,20,21,23);1H. The molecule has 0 amide bonds. The smallest absolute Gasteiger partial charge is 0.191 e. The van der Waals surface area contributed by atoms with Crippen LogP contribution in [-0.4, -0.2) is 47.5 Å². The van der Waals surface area contributed by atoms with Gasteiger partial charge in [-0.15, -0.1) is 24.0 Å². The summed E-state index contributed by atoms with van der Waals surface area (Å²) in [7, 11) is 3.38. The quantitative estimate of drug-likeness (QED) is 0.384. The number of nitrogens with one attached hydrogen (secondary N) is 2. The second kappa shape index (κ2) is 9.98. The van der Waals surface area contributed by atoms with Gasteiger partial charge in [0.2, 0.25) is 0 Å². The lowest BCUT2D eigenvalue weighted by atomic mass is 10.1. The topological polar surface area (TPSA) is 76.4 Å². The molecule has 27 heavy (non-hydrogen) atoms. The molecule has 0 spiro atoms. The van der Waals surface area contributed by atoms with Gasteiger partial charge in [0.05, 0.1) is 12.6 Å². The van der Waals surface area contributed by atoms with Crippen LogP contribution in [0.1, 0.15) is 29.7 Å². The van der Waals surface area contributed by atoms with Gasteiger partial charge in [0.15, 0.2) is 5.96 Å². The Morgan fingerprint density at radius 1 is 1.41 bits per heavy atom. The monoisotopic (exact) mass is 488 g/mol. The summed E-state index contributed by atoms with van der Waals surface area (Å²) >= 11 is 0. The number of aliphatic imine (C=N–C) groups is 1. The summed E-state index contributed by atoms with van der Waals surface area (Å²) in [5, 5.41) is 11.1. The summed E-state index contributed by atoms with van der Waals surface area (Å²) in [5.41, 5.74) is 0.914. The Morgan fingerprint density at radius 2 is 2.15 bits per heavy atom. The average Bonchev–Trinajstić information content (AvgIpc) is 3.01. The highest BCUT2D eigenvalue weighted by Gasteiger charge is 2.22. The maximum atomic E-state index is 13.1. The number of methoxy groups -OCH3 is 1. The summed E-state index contributed by atoms with van der Waals surface area (Å²) in [6.45, 7) is 3.21. The van der Waals surface area contributed by atoms with Gasteiger partial charge < -0.3 is 15.4 Å². The molecule has 1 aromatic heterocycles. The van der Waals surface area contributed by atoms with Gasteiger partial charge in [-0.2, -0.15) is 5.10 Å². The summed E-state index contributed by atoms with van der Waals surface area (Å²) in [6, 6.07) is 6.58. The molecule has 9 heteroatoms. The molecular formula is C18H26FIN6O. The molecule has 2 heterocycles. The first-order chi connectivity index (χ1) is 12.6. The lowest BCUT2D eigenvalue weighted by Crippen LogP contribution is -2.48. The summed E-state index contributed by atoms with van der Waals surface area (Å²) in [5.74, 6) is 2.30. The molecule has 2 atom stereocenters. The molecule has 2 aromatic rings. The molecule has 7 nitrogen and oxygen atoms in total. The molecule has 0 saturated heterocycles. The minimum Gasteiger partial charge on any atom is -0.375 e. The predicted molar refractivity (Wildman–Crippen MR) is 113 cm³/mol. The van der Waals surface area contributed by atoms with Gasteiger partial charge in [0.1, 0.15) is 17.5 Å². The van der Waals surface area contributed by atoms with Gasteiger partial charge >= 0.3 is 0 Å². The van der Waals surface area contributed by atoms with Crippen molar-refractivity contribution in [3.63, 3.8) is 0 Å². The number of benzene rings is 1. The van der Waals surface area contributed by atoms with E-state index in [4.69, 9.17) is 4.74 Å². The number of hydrogen-bond donors (Lipinski definition) is 2. The van der Waals surface area contributed by atoms with E-state index in [2.05, 4.69) is 25.7 Å². The number of ether oxygens (including phenoxy) is 1. The highest BCUT2D eigenvalue weighted by atomic mass is 127. The lowest BCUT2D eigenvalue weighted by molar-refractivity contribution is 0.106. The Morgan fingerprint density at radius 3 is 2.81 bits per heavy atom. The molecule has 148 valence electrons. The van der Waals surface area contributed by atoms with Crippen molar-refractivity contribution < 1.29 is 9.13 Å². The van der Waals surface area contributed by atoms with Crippen molar-refractivity contribution in [2.75, 3.05) is 20.7 Å². The molecule has 0 fully saturated rings. The number of hydrogen-bond acceptors (Lipinski definition) is 4. The van der Waals surface area contributed by atoms with E-state index in [9.17, 15) is 4.39 Å². The zero-order chi connectivity index (χ0) is 18.5. The lowest BCUT2D eigenvalue weighted by Gasteiger charge is -2.26.